The first-order valence-electron chi connectivity index (χ1n) is 7.31. The molecule has 1 atom stereocenters. The molecular weight excluding hydrogens is 304 g/mol. The third-order valence-electron chi connectivity index (χ3n) is 3.17. The van der Waals surface area contributed by atoms with Crippen molar-refractivity contribution in [3.05, 3.63) is 35.9 Å². The van der Waals surface area contributed by atoms with Gasteiger partial charge in [-0.25, -0.2) is 0 Å². The van der Waals surface area contributed by atoms with Crippen molar-refractivity contribution >= 4 is 24.2 Å². The lowest BCUT2D eigenvalue weighted by Crippen LogP contribution is -2.36. The van der Waals surface area contributed by atoms with Crippen molar-refractivity contribution in [2.75, 3.05) is 13.2 Å². The molecule has 0 aromatic heterocycles. The minimum atomic E-state index is -0.641. The number of nitrogens with two attached hydrogens (primary N) is 2. The maximum atomic E-state index is 11.8. The molecule has 1 aromatic carbocycles. The van der Waals surface area contributed by atoms with Gasteiger partial charge in [0.15, 0.2) is 12.4 Å². The second kappa shape index (κ2) is 12.1. The summed E-state index contributed by atoms with van der Waals surface area (Å²) in [7, 11) is 0. The summed E-state index contributed by atoms with van der Waals surface area (Å²) in [6.45, 7) is 0.381. The first-order chi connectivity index (χ1) is 10.1. The number of carbonyl (C=O) groups is 2. The van der Waals surface area contributed by atoms with Gasteiger partial charge in [-0.1, -0.05) is 36.8 Å². The van der Waals surface area contributed by atoms with Gasteiger partial charge in [0.25, 0.3) is 0 Å². The molecule has 0 aliphatic carbocycles. The molecule has 5 nitrogen and oxygen atoms in total. The van der Waals surface area contributed by atoms with Gasteiger partial charge in [0.1, 0.15) is 0 Å². The molecule has 4 N–H and O–H groups in total. The SMILES string of the molecule is Cl.NCCCCCC(=O)OCC(=O)[C@@H](N)Cc1ccccc1. The summed E-state index contributed by atoms with van der Waals surface area (Å²) in [6.07, 6.45) is 3.30. The number of Topliss-reactive ketones (excluding diaryl/α,β-unsaturated/α-hetero) is 1. The Bertz CT molecular complexity index is 440. The van der Waals surface area contributed by atoms with Crippen LogP contribution >= 0.6 is 12.4 Å². The number of esters is 1. The fourth-order valence-electron chi connectivity index (χ4n) is 1.90. The monoisotopic (exact) mass is 328 g/mol. The van der Waals surface area contributed by atoms with Gasteiger partial charge < -0.3 is 16.2 Å². The highest BCUT2D eigenvalue weighted by Gasteiger charge is 2.16. The zero-order valence-corrected chi connectivity index (χ0v) is 13.5. The predicted molar refractivity (Wildman–Crippen MR) is 88.9 cm³/mol. The van der Waals surface area contributed by atoms with Crippen LogP contribution in [0.3, 0.4) is 0 Å². The molecule has 0 bridgehead atoms. The summed E-state index contributed by atoms with van der Waals surface area (Å²) in [4.78, 5) is 23.3. The van der Waals surface area contributed by atoms with Crippen molar-refractivity contribution in [3.8, 4) is 0 Å². The lowest BCUT2D eigenvalue weighted by Gasteiger charge is -2.11. The molecule has 6 heteroatoms. The number of benzene rings is 1. The van der Waals surface area contributed by atoms with Gasteiger partial charge in [-0.3, -0.25) is 9.59 Å². The molecule has 0 saturated carbocycles. The topological polar surface area (TPSA) is 95.4 Å². The van der Waals surface area contributed by atoms with Crippen LogP contribution in [0.1, 0.15) is 31.2 Å². The summed E-state index contributed by atoms with van der Waals surface area (Å²) in [5.74, 6) is -0.610. The molecule has 0 heterocycles. The van der Waals surface area contributed by atoms with Gasteiger partial charge in [-0.2, -0.15) is 0 Å². The molecule has 0 radical (unpaired) electrons. The average Bonchev–Trinajstić information content (AvgIpc) is 2.50. The number of rotatable bonds is 10. The van der Waals surface area contributed by atoms with Crippen LogP contribution in [0.25, 0.3) is 0 Å². The van der Waals surface area contributed by atoms with E-state index in [9.17, 15) is 9.59 Å². The van der Waals surface area contributed by atoms with Crippen molar-refractivity contribution in [1.82, 2.24) is 0 Å². The average molecular weight is 329 g/mol. The third kappa shape index (κ3) is 8.77. The van der Waals surface area contributed by atoms with E-state index in [4.69, 9.17) is 16.2 Å². The van der Waals surface area contributed by atoms with Crippen LogP contribution in [-0.2, 0) is 20.7 Å². The Hall–Kier alpha value is -1.43. The highest BCUT2D eigenvalue weighted by molar-refractivity contribution is 5.87. The molecule has 0 aliphatic heterocycles. The van der Waals surface area contributed by atoms with Crippen LogP contribution in [0.4, 0.5) is 0 Å². The van der Waals surface area contributed by atoms with Crippen LogP contribution in [0.15, 0.2) is 30.3 Å². The van der Waals surface area contributed by atoms with Gasteiger partial charge in [0.05, 0.1) is 6.04 Å². The predicted octanol–water partition coefficient (Wildman–Crippen LogP) is 1.61. The van der Waals surface area contributed by atoms with E-state index in [0.29, 0.717) is 19.4 Å². The van der Waals surface area contributed by atoms with E-state index in [0.717, 1.165) is 24.8 Å². The molecule has 0 aliphatic rings. The minimum absolute atomic E-state index is 0. The van der Waals surface area contributed by atoms with Gasteiger partial charge >= 0.3 is 5.97 Å². The van der Waals surface area contributed by atoms with Crippen molar-refractivity contribution in [2.45, 2.75) is 38.1 Å². The standard InChI is InChI=1S/C16H24N2O3.ClH/c17-10-6-2-5-9-16(20)21-12-15(19)14(18)11-13-7-3-1-4-8-13;/h1,3-4,7-8,14H,2,5-6,9-12,17-18H2;1H/t14-;/m0./s1. The first-order valence-corrected chi connectivity index (χ1v) is 7.31. The Kier molecular flexibility index (Phi) is 11.4. The molecule has 0 saturated heterocycles. The molecule has 22 heavy (non-hydrogen) atoms. The Balaban J connectivity index is 0.00000441. The van der Waals surface area contributed by atoms with E-state index < -0.39 is 6.04 Å². The van der Waals surface area contributed by atoms with Crippen LogP contribution in [0.2, 0.25) is 0 Å². The number of hydrogen-bond acceptors (Lipinski definition) is 5. The Morgan fingerprint density at radius 1 is 1.09 bits per heavy atom. The lowest BCUT2D eigenvalue weighted by molar-refractivity contribution is -0.148. The third-order valence-corrected chi connectivity index (χ3v) is 3.17. The molecule has 0 unspecified atom stereocenters. The maximum absolute atomic E-state index is 11.8. The molecule has 1 aromatic rings. The largest absolute Gasteiger partial charge is 0.458 e. The number of carbonyl (C=O) groups excluding carboxylic acids is 2. The molecule has 0 spiro atoms. The highest BCUT2D eigenvalue weighted by atomic mass is 35.5. The van der Waals surface area contributed by atoms with Crippen LogP contribution < -0.4 is 11.5 Å². The van der Waals surface area contributed by atoms with E-state index in [1.165, 1.54) is 0 Å². The van der Waals surface area contributed by atoms with Crippen molar-refractivity contribution < 1.29 is 14.3 Å². The molecule has 0 amide bonds. The van der Waals surface area contributed by atoms with Gasteiger partial charge in [-0.05, 0) is 31.4 Å². The number of ether oxygens (including phenoxy) is 1. The number of unbranched alkanes of at least 4 members (excludes halogenated alkanes) is 2. The van der Waals surface area contributed by atoms with E-state index in [2.05, 4.69) is 0 Å². The Morgan fingerprint density at radius 2 is 1.77 bits per heavy atom. The van der Waals surface area contributed by atoms with Crippen LogP contribution in [0, 0.1) is 0 Å². The van der Waals surface area contributed by atoms with Gasteiger partial charge in [0.2, 0.25) is 0 Å². The second-order valence-corrected chi connectivity index (χ2v) is 5.02. The van der Waals surface area contributed by atoms with E-state index >= 15 is 0 Å². The Morgan fingerprint density at radius 3 is 2.41 bits per heavy atom. The quantitative estimate of drug-likeness (QED) is 0.502. The molecule has 124 valence electrons. The summed E-state index contributed by atoms with van der Waals surface area (Å²) in [5.41, 5.74) is 12.2. The molecular formula is C16H25ClN2O3. The second-order valence-electron chi connectivity index (χ2n) is 5.02. The van der Waals surface area contributed by atoms with Crippen LogP contribution in [0.5, 0.6) is 0 Å². The number of halogens is 1. The Labute approximate surface area is 137 Å². The minimum Gasteiger partial charge on any atom is -0.458 e. The van der Waals surface area contributed by atoms with E-state index in [1.807, 2.05) is 30.3 Å². The first kappa shape index (κ1) is 20.6. The zero-order chi connectivity index (χ0) is 15.5. The number of ketones is 1. The van der Waals surface area contributed by atoms with Crippen molar-refractivity contribution in [3.63, 3.8) is 0 Å². The summed E-state index contributed by atoms with van der Waals surface area (Å²) < 4.78 is 4.94. The summed E-state index contributed by atoms with van der Waals surface area (Å²) in [5, 5.41) is 0. The fourth-order valence-corrected chi connectivity index (χ4v) is 1.90. The fraction of sp³-hybridized carbons (Fsp3) is 0.500. The summed E-state index contributed by atoms with van der Waals surface area (Å²) >= 11 is 0. The van der Waals surface area contributed by atoms with Crippen LogP contribution in [-0.4, -0.2) is 30.9 Å². The maximum Gasteiger partial charge on any atom is 0.306 e. The van der Waals surface area contributed by atoms with E-state index in [1.54, 1.807) is 0 Å². The van der Waals surface area contributed by atoms with Crippen molar-refractivity contribution in [1.29, 1.82) is 0 Å². The zero-order valence-electron chi connectivity index (χ0n) is 12.7. The van der Waals surface area contributed by atoms with E-state index in [-0.39, 0.29) is 30.8 Å². The summed E-state index contributed by atoms with van der Waals surface area (Å²) in [6, 6.07) is 8.88. The lowest BCUT2D eigenvalue weighted by atomic mass is 10.0. The normalized spacial score (nSPS) is 11.4. The molecule has 1 rings (SSSR count). The highest BCUT2D eigenvalue weighted by Crippen LogP contribution is 2.04. The smallest absolute Gasteiger partial charge is 0.306 e. The number of hydrogen-bond donors (Lipinski definition) is 2. The van der Waals surface area contributed by atoms with Crippen molar-refractivity contribution in [2.24, 2.45) is 11.5 Å². The van der Waals surface area contributed by atoms with Gasteiger partial charge in [0, 0.05) is 6.42 Å². The molecule has 0 fully saturated rings. The van der Waals surface area contributed by atoms with Gasteiger partial charge in [-0.15, -0.1) is 12.4 Å².